The van der Waals surface area contributed by atoms with Crippen molar-refractivity contribution in [1.82, 2.24) is 10.3 Å². The highest BCUT2D eigenvalue weighted by atomic mass is 16.3. The summed E-state index contributed by atoms with van der Waals surface area (Å²) in [5, 5.41) is 17.0. The predicted molar refractivity (Wildman–Crippen MR) is 161 cm³/mol. The van der Waals surface area contributed by atoms with Gasteiger partial charge < -0.3 is 26.4 Å². The Bertz CT molecular complexity index is 1440. The number of carbonyl (C=O) groups is 3. The zero-order valence-corrected chi connectivity index (χ0v) is 23.5. The van der Waals surface area contributed by atoms with Crippen LogP contribution in [-0.2, 0) is 0 Å². The normalized spacial score (nSPS) is 21.9. The smallest absolute Gasteiger partial charge is 0.251 e. The van der Waals surface area contributed by atoms with E-state index in [-0.39, 0.29) is 36.2 Å². The maximum absolute atomic E-state index is 13.2. The predicted octanol–water partition coefficient (Wildman–Crippen LogP) is 4.24. The first-order chi connectivity index (χ1) is 20.4. The Kier molecular flexibility index (Phi) is 7.93. The van der Waals surface area contributed by atoms with E-state index in [1.165, 1.54) is 12.8 Å². The minimum Gasteiger partial charge on any atom is -0.388 e. The highest BCUT2D eigenvalue weighted by Gasteiger charge is 2.42. The molecule has 4 atom stereocenters. The third-order valence-electron chi connectivity index (χ3n) is 8.79. The minimum absolute atomic E-state index is 0.00468. The van der Waals surface area contributed by atoms with Crippen LogP contribution in [0.2, 0.25) is 0 Å². The molecule has 3 aromatic rings. The molecule has 0 radical (unpaired) electrons. The molecule has 9 nitrogen and oxygen atoms in total. The van der Waals surface area contributed by atoms with Gasteiger partial charge in [0.25, 0.3) is 11.8 Å². The van der Waals surface area contributed by atoms with E-state index in [4.69, 9.17) is 5.73 Å². The summed E-state index contributed by atoms with van der Waals surface area (Å²) in [7, 11) is 0. The van der Waals surface area contributed by atoms with E-state index in [9.17, 15) is 19.5 Å². The van der Waals surface area contributed by atoms with Crippen LogP contribution in [0.3, 0.4) is 0 Å². The van der Waals surface area contributed by atoms with Gasteiger partial charge in [-0.05, 0) is 80.3 Å². The number of aromatic nitrogens is 1. The number of carbonyl (C=O) groups excluding carboxylic acids is 3. The molecular weight excluding hydrogens is 530 g/mol. The number of hydrogen-bond donors (Lipinski definition) is 4. The van der Waals surface area contributed by atoms with Crippen molar-refractivity contribution in [2.45, 2.75) is 69.2 Å². The summed E-state index contributed by atoms with van der Waals surface area (Å²) < 4.78 is 0. The van der Waals surface area contributed by atoms with Gasteiger partial charge in [-0.1, -0.05) is 30.3 Å². The molecule has 0 spiro atoms. The van der Waals surface area contributed by atoms with E-state index in [0.717, 1.165) is 43.6 Å². The molecule has 1 aromatic heterocycles. The van der Waals surface area contributed by atoms with Gasteiger partial charge in [0.05, 0.1) is 11.7 Å². The first-order valence-electron chi connectivity index (χ1n) is 14.8. The number of nitrogens with one attached hydrogen (secondary N) is 2. The van der Waals surface area contributed by atoms with Crippen molar-refractivity contribution in [3.63, 3.8) is 0 Å². The van der Waals surface area contributed by atoms with Gasteiger partial charge in [-0.25, -0.2) is 4.98 Å². The molecule has 2 amide bonds. The number of hydrogen-bond acceptors (Lipinski definition) is 7. The van der Waals surface area contributed by atoms with Crippen molar-refractivity contribution in [3.8, 4) is 0 Å². The SMILES string of the molecule is NC(=O)c1ccc(C(=O)NC2C[C@H]3CC[C@@H](C2)N3c2ccc(C(=O)CC(O)c3ccccc3)cn2)cc1NCC1CC1. The van der Waals surface area contributed by atoms with Gasteiger partial charge >= 0.3 is 0 Å². The molecule has 2 aliphatic heterocycles. The Morgan fingerprint density at radius 2 is 1.67 bits per heavy atom. The van der Waals surface area contributed by atoms with Crippen molar-refractivity contribution < 1.29 is 19.5 Å². The molecule has 2 unspecified atom stereocenters. The van der Waals surface area contributed by atoms with E-state index in [1.807, 2.05) is 36.4 Å². The van der Waals surface area contributed by atoms with Crippen molar-refractivity contribution >= 4 is 29.1 Å². The highest BCUT2D eigenvalue weighted by molar-refractivity contribution is 6.02. The fourth-order valence-corrected chi connectivity index (χ4v) is 6.35. The Balaban J connectivity index is 1.07. The average molecular weight is 568 g/mol. The van der Waals surface area contributed by atoms with Crippen LogP contribution in [0.25, 0.3) is 0 Å². The number of aliphatic hydroxyl groups excluding tert-OH is 1. The number of nitrogens with two attached hydrogens (primary N) is 1. The first kappa shape index (κ1) is 27.9. The van der Waals surface area contributed by atoms with Crippen LogP contribution in [0.5, 0.6) is 0 Å². The number of piperidine rings is 1. The second-order valence-corrected chi connectivity index (χ2v) is 11.8. The van der Waals surface area contributed by atoms with Crippen LogP contribution in [0.15, 0.2) is 66.9 Å². The van der Waals surface area contributed by atoms with Gasteiger partial charge in [0.2, 0.25) is 0 Å². The fourth-order valence-electron chi connectivity index (χ4n) is 6.35. The summed E-state index contributed by atoms with van der Waals surface area (Å²) in [6, 6.07) is 18.4. The Hall–Kier alpha value is -4.24. The van der Waals surface area contributed by atoms with E-state index < -0.39 is 12.0 Å². The molecule has 3 aliphatic rings. The number of primary amides is 1. The summed E-state index contributed by atoms with van der Waals surface area (Å²) in [5.41, 5.74) is 8.27. The molecule has 1 saturated carbocycles. The van der Waals surface area contributed by atoms with Crippen molar-refractivity contribution in [3.05, 3.63) is 89.1 Å². The lowest BCUT2D eigenvalue weighted by molar-refractivity contribution is 0.0878. The second kappa shape index (κ2) is 11.9. The van der Waals surface area contributed by atoms with E-state index in [0.29, 0.717) is 28.3 Å². The number of aliphatic hydroxyl groups is 1. The molecule has 5 N–H and O–H groups in total. The van der Waals surface area contributed by atoms with E-state index in [2.05, 4.69) is 20.5 Å². The van der Waals surface area contributed by atoms with Crippen LogP contribution in [0.4, 0.5) is 11.5 Å². The van der Waals surface area contributed by atoms with Crippen molar-refractivity contribution in [2.24, 2.45) is 11.7 Å². The molecule has 218 valence electrons. The molecule has 2 saturated heterocycles. The lowest BCUT2D eigenvalue weighted by Crippen LogP contribution is -2.50. The Morgan fingerprint density at radius 1 is 0.952 bits per heavy atom. The molecule has 2 aromatic carbocycles. The van der Waals surface area contributed by atoms with Gasteiger partial charge in [0.1, 0.15) is 5.82 Å². The molecule has 9 heteroatoms. The molecule has 42 heavy (non-hydrogen) atoms. The number of benzene rings is 2. The number of pyridine rings is 1. The van der Waals surface area contributed by atoms with Crippen LogP contribution >= 0.6 is 0 Å². The van der Waals surface area contributed by atoms with Crippen LogP contribution in [0, 0.1) is 5.92 Å². The molecule has 3 heterocycles. The summed E-state index contributed by atoms with van der Waals surface area (Å²) in [6.45, 7) is 0.770. The van der Waals surface area contributed by atoms with Gasteiger partial charge in [-0.2, -0.15) is 0 Å². The number of amides is 2. The summed E-state index contributed by atoms with van der Waals surface area (Å²) in [5.74, 6) is 0.630. The van der Waals surface area contributed by atoms with E-state index >= 15 is 0 Å². The van der Waals surface area contributed by atoms with Crippen LogP contribution in [-0.4, -0.2) is 52.4 Å². The standard InChI is InChI=1S/C33H37N5O4/c34-32(41)27-12-8-22(14-28(27)35-18-20-6-7-20)33(42)37-24-15-25-10-11-26(16-24)38(25)31-13-9-23(19-36-31)30(40)17-29(39)21-4-2-1-3-5-21/h1-5,8-9,12-14,19-20,24-26,29,35,39H,6-7,10-11,15-18H2,(H2,34,41)(H,37,42)/t24?,25-,26+,29?. The zero-order chi connectivity index (χ0) is 29.2. The molecular formula is C33H37N5O4. The number of nitrogens with zero attached hydrogens (tertiary/aromatic N) is 2. The molecule has 2 bridgehead atoms. The maximum Gasteiger partial charge on any atom is 0.251 e. The average Bonchev–Trinajstić information content (AvgIpc) is 3.79. The minimum atomic E-state index is -0.852. The second-order valence-electron chi connectivity index (χ2n) is 11.8. The zero-order valence-electron chi connectivity index (χ0n) is 23.5. The number of fused-ring (bicyclic) bond motifs is 2. The highest BCUT2D eigenvalue weighted by Crippen LogP contribution is 2.39. The number of rotatable bonds is 11. The van der Waals surface area contributed by atoms with Gasteiger partial charge in [0, 0.05) is 54.1 Å². The Morgan fingerprint density at radius 3 is 2.31 bits per heavy atom. The topological polar surface area (TPSA) is 138 Å². The maximum atomic E-state index is 13.2. The molecule has 1 aliphatic carbocycles. The number of anilines is 2. The lowest BCUT2D eigenvalue weighted by Gasteiger charge is -2.40. The summed E-state index contributed by atoms with van der Waals surface area (Å²) in [6.07, 6.45) is 6.76. The van der Waals surface area contributed by atoms with Gasteiger partial charge in [0.15, 0.2) is 5.78 Å². The Labute approximate surface area is 245 Å². The largest absolute Gasteiger partial charge is 0.388 e. The summed E-state index contributed by atoms with van der Waals surface area (Å²) >= 11 is 0. The first-order valence-corrected chi connectivity index (χ1v) is 14.8. The van der Waals surface area contributed by atoms with Crippen molar-refractivity contribution in [1.29, 1.82) is 0 Å². The van der Waals surface area contributed by atoms with Gasteiger partial charge in [-0.3, -0.25) is 14.4 Å². The van der Waals surface area contributed by atoms with Crippen LogP contribution in [0.1, 0.15) is 87.7 Å². The van der Waals surface area contributed by atoms with Crippen LogP contribution < -0.4 is 21.3 Å². The lowest BCUT2D eigenvalue weighted by atomic mass is 9.96. The van der Waals surface area contributed by atoms with Crippen molar-refractivity contribution in [2.75, 3.05) is 16.8 Å². The van der Waals surface area contributed by atoms with E-state index in [1.54, 1.807) is 30.5 Å². The third-order valence-corrected chi connectivity index (χ3v) is 8.79. The monoisotopic (exact) mass is 567 g/mol. The molecule has 3 fully saturated rings. The van der Waals surface area contributed by atoms with Gasteiger partial charge in [-0.15, -0.1) is 0 Å². The third kappa shape index (κ3) is 6.16. The fraction of sp³-hybridized carbons (Fsp3) is 0.394. The number of Topliss-reactive ketones (excluding diaryl/α,β-unsaturated/α-hetero) is 1. The summed E-state index contributed by atoms with van der Waals surface area (Å²) in [4.78, 5) is 44.9. The molecule has 6 rings (SSSR count). The number of ketones is 1. The quantitative estimate of drug-likeness (QED) is 0.254.